The predicted octanol–water partition coefficient (Wildman–Crippen LogP) is 3.55. The van der Waals surface area contributed by atoms with Crippen LogP contribution in [0.15, 0.2) is 18.2 Å². The molecule has 1 aromatic carbocycles. The van der Waals surface area contributed by atoms with E-state index in [0.29, 0.717) is 12.8 Å². The molecule has 0 aliphatic carbocycles. The average molecular weight is 234 g/mol. The molecule has 0 heterocycles. The lowest BCUT2D eigenvalue weighted by Gasteiger charge is -2.17. The van der Waals surface area contributed by atoms with E-state index < -0.39 is 0 Å². The van der Waals surface area contributed by atoms with Crippen LogP contribution in [0.1, 0.15) is 38.3 Å². The van der Waals surface area contributed by atoms with Crippen molar-refractivity contribution in [1.29, 1.82) is 0 Å². The Morgan fingerprint density at radius 2 is 1.94 bits per heavy atom. The van der Waals surface area contributed by atoms with Crippen molar-refractivity contribution >= 4 is 5.78 Å². The number of hydrogen-bond acceptors (Lipinski definition) is 2. The van der Waals surface area contributed by atoms with Gasteiger partial charge in [0, 0.05) is 18.4 Å². The molecule has 0 spiro atoms. The first kappa shape index (κ1) is 13.8. The van der Waals surface area contributed by atoms with Crippen molar-refractivity contribution in [3.05, 3.63) is 29.3 Å². The van der Waals surface area contributed by atoms with Crippen LogP contribution in [0.2, 0.25) is 0 Å². The topological polar surface area (TPSA) is 26.3 Å². The summed E-state index contributed by atoms with van der Waals surface area (Å²) < 4.78 is 5.28. The molecule has 2 heteroatoms. The number of aryl methyl sites for hydroxylation is 1. The second kappa shape index (κ2) is 5.35. The first-order valence-electron chi connectivity index (χ1n) is 5.97. The first-order chi connectivity index (χ1) is 7.81. The summed E-state index contributed by atoms with van der Waals surface area (Å²) in [5, 5.41) is 0. The Bertz CT molecular complexity index is 400. The highest BCUT2D eigenvalue weighted by Gasteiger charge is 2.17. The van der Waals surface area contributed by atoms with Gasteiger partial charge in [0.25, 0.3) is 0 Å². The lowest BCUT2D eigenvalue weighted by atomic mass is 9.88. The highest BCUT2D eigenvalue weighted by Crippen LogP contribution is 2.24. The Morgan fingerprint density at radius 1 is 1.29 bits per heavy atom. The average Bonchev–Trinajstić information content (AvgIpc) is 2.14. The van der Waals surface area contributed by atoms with Crippen molar-refractivity contribution in [2.45, 2.75) is 40.5 Å². The molecule has 0 amide bonds. The molecule has 0 atom stereocenters. The standard InChI is InChI=1S/C15H22O2/c1-11-6-7-14(17-5)12(8-11)9-13(16)10-15(2,3)4/h6-8H,9-10H2,1-5H3. The molecule has 0 aromatic heterocycles. The summed E-state index contributed by atoms with van der Waals surface area (Å²) in [7, 11) is 1.64. The van der Waals surface area contributed by atoms with Crippen LogP contribution in [0.4, 0.5) is 0 Å². The zero-order valence-corrected chi connectivity index (χ0v) is 11.5. The van der Waals surface area contributed by atoms with Crippen molar-refractivity contribution in [2.75, 3.05) is 7.11 Å². The third kappa shape index (κ3) is 4.59. The van der Waals surface area contributed by atoms with E-state index in [0.717, 1.165) is 16.9 Å². The van der Waals surface area contributed by atoms with E-state index in [1.54, 1.807) is 7.11 Å². The van der Waals surface area contributed by atoms with Crippen LogP contribution in [0.5, 0.6) is 5.75 Å². The molecule has 0 N–H and O–H groups in total. The maximum atomic E-state index is 12.0. The molecule has 1 aromatic rings. The molecule has 2 nitrogen and oxygen atoms in total. The van der Waals surface area contributed by atoms with Crippen LogP contribution in [0.25, 0.3) is 0 Å². The van der Waals surface area contributed by atoms with Crippen LogP contribution < -0.4 is 4.74 Å². The fourth-order valence-corrected chi connectivity index (χ4v) is 1.91. The number of carbonyl (C=O) groups is 1. The summed E-state index contributed by atoms with van der Waals surface area (Å²) >= 11 is 0. The molecule has 17 heavy (non-hydrogen) atoms. The van der Waals surface area contributed by atoms with Gasteiger partial charge in [-0.05, 0) is 18.4 Å². The molecule has 94 valence electrons. The van der Waals surface area contributed by atoms with Gasteiger partial charge in [-0.3, -0.25) is 4.79 Å². The van der Waals surface area contributed by atoms with Crippen LogP contribution in [0, 0.1) is 12.3 Å². The van der Waals surface area contributed by atoms with Gasteiger partial charge in [-0.25, -0.2) is 0 Å². The molecule has 0 unspecified atom stereocenters. The number of Topliss-reactive ketones (excluding diaryl/α,β-unsaturated/α-hetero) is 1. The van der Waals surface area contributed by atoms with Crippen LogP contribution in [0.3, 0.4) is 0 Å². The summed E-state index contributed by atoms with van der Waals surface area (Å²) in [6.45, 7) is 8.27. The molecule has 0 saturated heterocycles. The summed E-state index contributed by atoms with van der Waals surface area (Å²) in [5.41, 5.74) is 2.19. The number of benzene rings is 1. The van der Waals surface area contributed by atoms with Crippen molar-refractivity contribution in [3.8, 4) is 5.75 Å². The molecular weight excluding hydrogens is 212 g/mol. The Labute approximate surface area is 104 Å². The van der Waals surface area contributed by atoms with Gasteiger partial charge < -0.3 is 4.74 Å². The van der Waals surface area contributed by atoms with Crippen molar-refractivity contribution in [2.24, 2.45) is 5.41 Å². The zero-order valence-electron chi connectivity index (χ0n) is 11.5. The maximum absolute atomic E-state index is 12.0. The fraction of sp³-hybridized carbons (Fsp3) is 0.533. The van der Waals surface area contributed by atoms with Gasteiger partial charge >= 0.3 is 0 Å². The largest absolute Gasteiger partial charge is 0.496 e. The van der Waals surface area contributed by atoms with E-state index in [1.165, 1.54) is 0 Å². The Balaban J connectivity index is 2.80. The molecule has 0 aliphatic rings. The van der Waals surface area contributed by atoms with Crippen molar-refractivity contribution < 1.29 is 9.53 Å². The molecular formula is C15H22O2. The Kier molecular flexibility index (Phi) is 4.33. The normalized spacial score (nSPS) is 11.4. The second-order valence-electron chi connectivity index (χ2n) is 5.77. The summed E-state index contributed by atoms with van der Waals surface area (Å²) in [6.07, 6.45) is 1.06. The summed E-state index contributed by atoms with van der Waals surface area (Å²) in [4.78, 5) is 12.0. The number of ether oxygens (including phenoxy) is 1. The Hall–Kier alpha value is -1.31. The zero-order chi connectivity index (χ0) is 13.1. The quantitative estimate of drug-likeness (QED) is 0.796. The highest BCUT2D eigenvalue weighted by molar-refractivity contribution is 5.82. The number of methoxy groups -OCH3 is 1. The van der Waals surface area contributed by atoms with Gasteiger partial charge in [0.2, 0.25) is 0 Å². The van der Waals surface area contributed by atoms with Crippen molar-refractivity contribution in [1.82, 2.24) is 0 Å². The first-order valence-corrected chi connectivity index (χ1v) is 5.97. The minimum absolute atomic E-state index is 0.0497. The summed E-state index contributed by atoms with van der Waals surface area (Å²) in [5.74, 6) is 1.07. The van der Waals surface area contributed by atoms with E-state index in [2.05, 4.69) is 20.8 Å². The molecule has 1 rings (SSSR count). The second-order valence-corrected chi connectivity index (χ2v) is 5.77. The lowest BCUT2D eigenvalue weighted by molar-refractivity contribution is -0.120. The molecule has 0 bridgehead atoms. The SMILES string of the molecule is COc1ccc(C)cc1CC(=O)CC(C)(C)C. The number of ketones is 1. The van der Waals surface area contributed by atoms with Gasteiger partial charge in [0.1, 0.15) is 11.5 Å². The van der Waals surface area contributed by atoms with Gasteiger partial charge in [0.05, 0.1) is 7.11 Å². The van der Waals surface area contributed by atoms with Gasteiger partial charge in [-0.1, -0.05) is 38.5 Å². The number of hydrogen-bond donors (Lipinski definition) is 0. The number of carbonyl (C=O) groups excluding carboxylic acids is 1. The molecule has 0 saturated carbocycles. The van der Waals surface area contributed by atoms with Gasteiger partial charge in [0.15, 0.2) is 0 Å². The number of rotatable bonds is 4. The van der Waals surface area contributed by atoms with E-state index >= 15 is 0 Å². The minimum atomic E-state index is 0.0497. The fourth-order valence-electron chi connectivity index (χ4n) is 1.91. The van der Waals surface area contributed by atoms with Crippen LogP contribution >= 0.6 is 0 Å². The van der Waals surface area contributed by atoms with E-state index in [-0.39, 0.29) is 11.2 Å². The predicted molar refractivity (Wildman–Crippen MR) is 70.5 cm³/mol. The Morgan fingerprint density at radius 3 is 2.47 bits per heavy atom. The van der Waals surface area contributed by atoms with Crippen LogP contribution in [-0.4, -0.2) is 12.9 Å². The minimum Gasteiger partial charge on any atom is -0.496 e. The van der Waals surface area contributed by atoms with E-state index in [1.807, 2.05) is 25.1 Å². The monoisotopic (exact) mass is 234 g/mol. The maximum Gasteiger partial charge on any atom is 0.137 e. The molecule has 0 aliphatic heterocycles. The molecule has 0 fully saturated rings. The molecule has 0 radical (unpaired) electrons. The van der Waals surface area contributed by atoms with Gasteiger partial charge in [-0.2, -0.15) is 0 Å². The smallest absolute Gasteiger partial charge is 0.137 e. The van der Waals surface area contributed by atoms with E-state index in [9.17, 15) is 4.79 Å². The lowest BCUT2D eigenvalue weighted by Crippen LogP contribution is -2.15. The van der Waals surface area contributed by atoms with Gasteiger partial charge in [-0.15, -0.1) is 0 Å². The van der Waals surface area contributed by atoms with Crippen molar-refractivity contribution in [3.63, 3.8) is 0 Å². The third-order valence-corrected chi connectivity index (χ3v) is 2.55. The summed E-state index contributed by atoms with van der Waals surface area (Å²) in [6, 6.07) is 5.95. The highest BCUT2D eigenvalue weighted by atomic mass is 16.5. The van der Waals surface area contributed by atoms with E-state index in [4.69, 9.17) is 4.74 Å². The third-order valence-electron chi connectivity index (χ3n) is 2.55. The van der Waals surface area contributed by atoms with Crippen LogP contribution in [-0.2, 0) is 11.2 Å².